The van der Waals surface area contributed by atoms with Crippen LogP contribution in [-0.2, 0) is 32.5 Å². The van der Waals surface area contributed by atoms with E-state index in [1.54, 1.807) is 30.5 Å². The van der Waals surface area contributed by atoms with Gasteiger partial charge in [0.05, 0.1) is 12.0 Å². The quantitative estimate of drug-likeness (QED) is 0.551. The second-order valence-electron chi connectivity index (χ2n) is 7.56. The Labute approximate surface area is 173 Å². The van der Waals surface area contributed by atoms with Crippen molar-refractivity contribution >= 4 is 16.0 Å². The third-order valence-electron chi connectivity index (χ3n) is 4.84. The zero-order chi connectivity index (χ0) is 21.6. The summed E-state index contributed by atoms with van der Waals surface area (Å²) in [4.78, 5) is 16.7. The molecule has 1 aromatic carbocycles. The maximum absolute atomic E-state index is 13.0. The summed E-state index contributed by atoms with van der Waals surface area (Å²) in [5.74, 6) is 0.607. The zero-order valence-electron chi connectivity index (χ0n) is 17.8. The fourth-order valence-electron chi connectivity index (χ4n) is 3.21. The van der Waals surface area contributed by atoms with E-state index < -0.39 is 22.0 Å². The lowest BCUT2D eigenvalue weighted by Crippen LogP contribution is -2.43. The Hall–Kier alpha value is -2.19. The van der Waals surface area contributed by atoms with Crippen LogP contribution in [0.3, 0.4) is 0 Å². The van der Waals surface area contributed by atoms with Crippen molar-refractivity contribution in [3.63, 3.8) is 0 Å². The molecule has 0 radical (unpaired) electrons. The number of carbonyl (C=O) groups excluding carboxylic acids is 1. The van der Waals surface area contributed by atoms with Crippen LogP contribution in [0.1, 0.15) is 45.0 Å². The van der Waals surface area contributed by atoms with Crippen LogP contribution in [0, 0.1) is 5.92 Å². The summed E-state index contributed by atoms with van der Waals surface area (Å²) in [6.07, 6.45) is 6.01. The molecule has 29 heavy (non-hydrogen) atoms. The monoisotopic (exact) mass is 421 g/mol. The van der Waals surface area contributed by atoms with Gasteiger partial charge in [-0.25, -0.2) is 13.4 Å². The molecule has 0 bridgehead atoms. The van der Waals surface area contributed by atoms with Gasteiger partial charge in [-0.15, -0.1) is 0 Å². The number of methoxy groups -OCH3 is 1. The van der Waals surface area contributed by atoms with Crippen molar-refractivity contribution in [1.29, 1.82) is 0 Å². The van der Waals surface area contributed by atoms with Gasteiger partial charge in [0.15, 0.2) is 0 Å². The first-order chi connectivity index (χ1) is 13.7. The van der Waals surface area contributed by atoms with Crippen molar-refractivity contribution in [3.05, 3.63) is 48.0 Å². The van der Waals surface area contributed by atoms with E-state index in [1.807, 2.05) is 20.0 Å². The zero-order valence-corrected chi connectivity index (χ0v) is 18.6. The third kappa shape index (κ3) is 5.67. The van der Waals surface area contributed by atoms with E-state index >= 15 is 0 Å². The number of nitrogens with zero attached hydrogens (tertiary/aromatic N) is 3. The molecule has 0 saturated carbocycles. The van der Waals surface area contributed by atoms with Crippen LogP contribution in [-0.4, -0.2) is 48.4 Å². The van der Waals surface area contributed by atoms with Crippen LogP contribution in [0.4, 0.5) is 0 Å². The molecule has 2 rings (SSSR count). The molecule has 0 spiro atoms. The Morgan fingerprint density at radius 3 is 2.45 bits per heavy atom. The molecule has 160 valence electrons. The number of imidazole rings is 1. The summed E-state index contributed by atoms with van der Waals surface area (Å²) in [6, 6.07) is 5.91. The summed E-state index contributed by atoms with van der Waals surface area (Å²) in [7, 11) is -1.12. The molecule has 0 saturated heterocycles. The van der Waals surface area contributed by atoms with E-state index in [1.165, 1.54) is 14.2 Å². The molecule has 0 N–H and O–H groups in total. The third-order valence-corrected chi connectivity index (χ3v) is 6.72. The summed E-state index contributed by atoms with van der Waals surface area (Å²) in [6.45, 7) is 6.61. The molecule has 7 nitrogen and oxygen atoms in total. The van der Waals surface area contributed by atoms with Gasteiger partial charge >= 0.3 is 5.97 Å². The molecule has 0 amide bonds. The lowest BCUT2D eigenvalue weighted by Gasteiger charge is -2.26. The second-order valence-corrected chi connectivity index (χ2v) is 9.55. The van der Waals surface area contributed by atoms with E-state index in [2.05, 4.69) is 16.5 Å². The van der Waals surface area contributed by atoms with Gasteiger partial charge in [0.25, 0.3) is 0 Å². The number of benzene rings is 1. The minimum Gasteiger partial charge on any atom is -0.468 e. The summed E-state index contributed by atoms with van der Waals surface area (Å²) >= 11 is 0. The number of rotatable bonds is 10. The van der Waals surface area contributed by atoms with Crippen LogP contribution in [0.15, 0.2) is 41.6 Å². The maximum atomic E-state index is 13.0. The molecule has 1 atom stereocenters. The average molecular weight is 422 g/mol. The van der Waals surface area contributed by atoms with Crippen LogP contribution < -0.4 is 0 Å². The van der Waals surface area contributed by atoms with E-state index in [4.69, 9.17) is 4.74 Å². The van der Waals surface area contributed by atoms with Gasteiger partial charge in [-0.2, -0.15) is 4.31 Å². The first-order valence-electron chi connectivity index (χ1n) is 9.85. The fourth-order valence-corrected chi connectivity index (χ4v) is 4.53. The highest BCUT2D eigenvalue weighted by atomic mass is 32.2. The average Bonchev–Trinajstić information content (AvgIpc) is 3.12. The number of hydrogen-bond donors (Lipinski definition) is 0. The van der Waals surface area contributed by atoms with Gasteiger partial charge in [-0.05, 0) is 36.5 Å². The standard InChI is InChI=1S/C21H31N3O4S/c1-6-7-20-22-12-13-24(20)15-17-8-10-18(11-9-17)29(26,27)23(4)19(14-16(2)3)21(25)28-5/h8-13,16,19H,6-7,14-15H2,1-5H3/t19-/m0/s1. The second kappa shape index (κ2) is 10.0. The number of sulfonamides is 1. The van der Waals surface area contributed by atoms with E-state index in [-0.39, 0.29) is 10.8 Å². The normalized spacial score (nSPS) is 13.1. The molecule has 0 aliphatic carbocycles. The molecule has 8 heteroatoms. The van der Waals surface area contributed by atoms with Gasteiger partial charge in [-0.3, -0.25) is 4.79 Å². The van der Waals surface area contributed by atoms with Crippen LogP contribution >= 0.6 is 0 Å². The van der Waals surface area contributed by atoms with Gasteiger partial charge in [0, 0.05) is 32.4 Å². The van der Waals surface area contributed by atoms with E-state index in [0.717, 1.165) is 28.5 Å². The van der Waals surface area contributed by atoms with Crippen molar-refractivity contribution in [2.45, 2.75) is 57.5 Å². The Bertz CT molecular complexity index is 904. The fraction of sp³-hybridized carbons (Fsp3) is 0.524. The Morgan fingerprint density at radius 2 is 1.90 bits per heavy atom. The number of ether oxygens (including phenoxy) is 1. The minimum absolute atomic E-state index is 0.145. The Balaban J connectivity index is 2.22. The molecule has 0 aliphatic rings. The van der Waals surface area contributed by atoms with Crippen LogP contribution in [0.25, 0.3) is 0 Å². The highest BCUT2D eigenvalue weighted by Gasteiger charge is 2.34. The largest absolute Gasteiger partial charge is 0.468 e. The molecular weight excluding hydrogens is 390 g/mol. The molecule has 0 fully saturated rings. The van der Waals surface area contributed by atoms with Crippen molar-refractivity contribution in [2.75, 3.05) is 14.2 Å². The van der Waals surface area contributed by atoms with Gasteiger partial charge < -0.3 is 9.30 Å². The summed E-state index contributed by atoms with van der Waals surface area (Å²) in [5, 5.41) is 0. The molecule has 1 aromatic heterocycles. The lowest BCUT2D eigenvalue weighted by molar-refractivity contribution is -0.145. The molecule has 1 heterocycles. The number of carbonyl (C=O) groups is 1. The number of aryl methyl sites for hydroxylation is 1. The van der Waals surface area contributed by atoms with Gasteiger partial charge in [-0.1, -0.05) is 32.9 Å². The molecule has 0 unspecified atom stereocenters. The van der Waals surface area contributed by atoms with Gasteiger partial charge in [0.1, 0.15) is 11.9 Å². The number of aromatic nitrogens is 2. The lowest BCUT2D eigenvalue weighted by atomic mass is 10.0. The minimum atomic E-state index is -3.82. The molecular formula is C21H31N3O4S. The van der Waals surface area contributed by atoms with E-state index in [9.17, 15) is 13.2 Å². The summed E-state index contributed by atoms with van der Waals surface area (Å²) < 4.78 is 34.1. The van der Waals surface area contributed by atoms with Crippen molar-refractivity contribution in [2.24, 2.45) is 5.92 Å². The topological polar surface area (TPSA) is 81.5 Å². The first kappa shape index (κ1) is 23.1. The number of likely N-dealkylation sites (N-methyl/N-ethyl adjacent to an activating group) is 1. The molecule has 0 aliphatic heterocycles. The summed E-state index contributed by atoms with van der Waals surface area (Å²) in [5.41, 5.74) is 0.980. The van der Waals surface area contributed by atoms with Crippen LogP contribution in [0.2, 0.25) is 0 Å². The SMILES string of the molecule is CCCc1nccn1Cc1ccc(S(=O)(=O)N(C)[C@@H](CC(C)C)C(=O)OC)cc1. The highest BCUT2D eigenvalue weighted by Crippen LogP contribution is 2.22. The van der Waals surface area contributed by atoms with Gasteiger partial charge in [0.2, 0.25) is 10.0 Å². The Morgan fingerprint density at radius 1 is 1.24 bits per heavy atom. The maximum Gasteiger partial charge on any atom is 0.324 e. The predicted molar refractivity (Wildman–Crippen MR) is 112 cm³/mol. The predicted octanol–water partition coefficient (Wildman–Crippen LogP) is 3.09. The highest BCUT2D eigenvalue weighted by molar-refractivity contribution is 7.89. The van der Waals surface area contributed by atoms with Crippen molar-refractivity contribution in [3.8, 4) is 0 Å². The number of esters is 1. The van der Waals surface area contributed by atoms with Crippen molar-refractivity contribution < 1.29 is 17.9 Å². The number of hydrogen-bond acceptors (Lipinski definition) is 5. The molecule has 2 aromatic rings. The smallest absolute Gasteiger partial charge is 0.324 e. The van der Waals surface area contributed by atoms with Crippen molar-refractivity contribution in [1.82, 2.24) is 13.9 Å². The van der Waals surface area contributed by atoms with Crippen LogP contribution in [0.5, 0.6) is 0 Å². The Kier molecular flexibility index (Phi) is 7.98. The first-order valence-corrected chi connectivity index (χ1v) is 11.3. The van der Waals surface area contributed by atoms with E-state index in [0.29, 0.717) is 13.0 Å².